The second-order valence-corrected chi connectivity index (χ2v) is 6.84. The zero-order valence-electron chi connectivity index (χ0n) is 13.3. The van der Waals surface area contributed by atoms with Gasteiger partial charge >= 0.3 is 0 Å². The van der Waals surface area contributed by atoms with Gasteiger partial charge in [0.1, 0.15) is 0 Å². The zero-order valence-corrected chi connectivity index (χ0v) is 14.2. The number of H-pyrrole nitrogens is 1. The van der Waals surface area contributed by atoms with Crippen LogP contribution in [-0.4, -0.2) is 22.3 Å². The van der Waals surface area contributed by atoms with E-state index in [0.29, 0.717) is 5.75 Å². The van der Waals surface area contributed by atoms with E-state index in [-0.39, 0.29) is 5.78 Å². The van der Waals surface area contributed by atoms with Gasteiger partial charge in [-0.05, 0) is 37.1 Å². The Morgan fingerprint density at radius 1 is 1.04 bits per heavy atom. The summed E-state index contributed by atoms with van der Waals surface area (Å²) < 4.78 is 0. The molecule has 0 aliphatic heterocycles. The van der Waals surface area contributed by atoms with Crippen molar-refractivity contribution in [2.75, 3.05) is 11.5 Å². The molecule has 0 radical (unpaired) electrons. The number of ketones is 1. The molecule has 3 rings (SSSR count). The van der Waals surface area contributed by atoms with Crippen LogP contribution in [0.5, 0.6) is 0 Å². The Kier molecular flexibility index (Phi) is 5.19. The van der Waals surface area contributed by atoms with Gasteiger partial charge in [-0.1, -0.05) is 48.5 Å². The molecular weight excluding hydrogens is 302 g/mol. The van der Waals surface area contributed by atoms with Crippen LogP contribution in [0.2, 0.25) is 0 Å². The SMILES string of the molecule is Cc1[nH]c2ccccc2c1C(=O)CSCCCc1ccccc1. The number of thioether (sulfide) groups is 1. The first kappa shape index (κ1) is 15.9. The molecule has 23 heavy (non-hydrogen) atoms. The van der Waals surface area contributed by atoms with E-state index in [2.05, 4.69) is 29.2 Å². The fraction of sp³-hybridized carbons (Fsp3) is 0.250. The number of aromatic nitrogens is 1. The van der Waals surface area contributed by atoms with Crippen LogP contribution in [0.3, 0.4) is 0 Å². The highest BCUT2D eigenvalue weighted by molar-refractivity contribution is 7.99. The first-order chi connectivity index (χ1) is 11.3. The molecule has 0 atom stereocenters. The summed E-state index contributed by atoms with van der Waals surface area (Å²) in [6.07, 6.45) is 2.18. The van der Waals surface area contributed by atoms with Gasteiger partial charge < -0.3 is 4.98 Å². The number of aryl methyl sites for hydroxylation is 2. The minimum absolute atomic E-state index is 0.227. The number of carbonyl (C=O) groups is 1. The minimum atomic E-state index is 0.227. The van der Waals surface area contributed by atoms with E-state index < -0.39 is 0 Å². The number of hydrogen-bond acceptors (Lipinski definition) is 2. The maximum Gasteiger partial charge on any atom is 0.175 e. The molecule has 0 saturated heterocycles. The van der Waals surface area contributed by atoms with Crippen molar-refractivity contribution in [2.45, 2.75) is 19.8 Å². The molecule has 1 N–H and O–H groups in total. The van der Waals surface area contributed by atoms with Gasteiger partial charge in [-0.2, -0.15) is 11.8 Å². The summed E-state index contributed by atoms with van der Waals surface area (Å²) in [6, 6.07) is 18.5. The van der Waals surface area contributed by atoms with Crippen LogP contribution < -0.4 is 0 Å². The van der Waals surface area contributed by atoms with Crippen molar-refractivity contribution in [1.29, 1.82) is 0 Å². The van der Waals surface area contributed by atoms with E-state index in [9.17, 15) is 4.79 Å². The van der Waals surface area contributed by atoms with E-state index in [1.165, 1.54) is 5.56 Å². The van der Waals surface area contributed by atoms with E-state index in [0.717, 1.165) is 40.8 Å². The Morgan fingerprint density at radius 3 is 2.61 bits per heavy atom. The number of carbonyl (C=O) groups excluding carboxylic acids is 1. The minimum Gasteiger partial charge on any atom is -0.358 e. The highest BCUT2D eigenvalue weighted by atomic mass is 32.2. The Labute approximate surface area is 141 Å². The molecule has 0 aliphatic carbocycles. The molecule has 2 nitrogen and oxygen atoms in total. The summed E-state index contributed by atoms with van der Waals surface area (Å²) in [6.45, 7) is 1.98. The summed E-state index contributed by atoms with van der Waals surface area (Å²) in [7, 11) is 0. The van der Waals surface area contributed by atoms with Crippen molar-refractivity contribution in [3.8, 4) is 0 Å². The zero-order chi connectivity index (χ0) is 16.1. The van der Waals surface area contributed by atoms with Crippen molar-refractivity contribution in [3.05, 3.63) is 71.4 Å². The quantitative estimate of drug-likeness (QED) is 0.489. The van der Waals surface area contributed by atoms with Crippen LogP contribution in [0.1, 0.15) is 28.0 Å². The number of nitrogens with one attached hydrogen (secondary N) is 1. The molecule has 0 saturated carbocycles. The number of para-hydroxylation sites is 1. The predicted molar refractivity (Wildman–Crippen MR) is 99.5 cm³/mol. The number of Topliss-reactive ketones (excluding diaryl/α,β-unsaturated/α-hetero) is 1. The van der Waals surface area contributed by atoms with Gasteiger partial charge in [0.15, 0.2) is 5.78 Å². The third kappa shape index (κ3) is 3.85. The van der Waals surface area contributed by atoms with Crippen molar-refractivity contribution in [3.63, 3.8) is 0 Å². The standard InChI is InChI=1S/C20H21NOS/c1-15-20(17-11-5-6-12-18(17)21-15)19(22)14-23-13-7-10-16-8-3-2-4-9-16/h2-6,8-9,11-12,21H,7,10,13-14H2,1H3. The monoisotopic (exact) mass is 323 g/mol. The number of fused-ring (bicyclic) bond motifs is 1. The van der Waals surface area contributed by atoms with Gasteiger partial charge in [-0.15, -0.1) is 0 Å². The summed E-state index contributed by atoms with van der Waals surface area (Å²) in [5.41, 5.74) is 4.24. The van der Waals surface area contributed by atoms with Crippen LogP contribution in [0.15, 0.2) is 54.6 Å². The van der Waals surface area contributed by atoms with Crippen LogP contribution in [0, 0.1) is 6.92 Å². The molecule has 118 valence electrons. The summed E-state index contributed by atoms with van der Waals surface area (Å²) in [4.78, 5) is 15.8. The predicted octanol–water partition coefficient (Wildman–Crippen LogP) is 5.03. The lowest BCUT2D eigenvalue weighted by molar-refractivity contribution is 0.102. The second kappa shape index (κ2) is 7.51. The van der Waals surface area contributed by atoms with Crippen LogP contribution >= 0.6 is 11.8 Å². The van der Waals surface area contributed by atoms with E-state index in [1.54, 1.807) is 11.8 Å². The largest absolute Gasteiger partial charge is 0.358 e. The molecule has 1 aromatic heterocycles. The average Bonchev–Trinajstić information content (AvgIpc) is 2.91. The van der Waals surface area contributed by atoms with Crippen molar-refractivity contribution in [2.24, 2.45) is 0 Å². The first-order valence-electron chi connectivity index (χ1n) is 7.98. The molecule has 0 fully saturated rings. The van der Waals surface area contributed by atoms with E-state index in [4.69, 9.17) is 0 Å². The number of hydrogen-bond donors (Lipinski definition) is 1. The summed E-state index contributed by atoms with van der Waals surface area (Å²) in [5, 5.41) is 1.04. The molecule has 2 aromatic carbocycles. The molecule has 0 aliphatic rings. The average molecular weight is 323 g/mol. The van der Waals surface area contributed by atoms with Gasteiger partial charge in [-0.25, -0.2) is 0 Å². The third-order valence-corrected chi connectivity index (χ3v) is 5.05. The Hall–Kier alpha value is -2.00. The molecule has 1 heterocycles. The van der Waals surface area contributed by atoms with Crippen LogP contribution in [0.25, 0.3) is 10.9 Å². The molecule has 0 amide bonds. The highest BCUT2D eigenvalue weighted by Gasteiger charge is 2.15. The fourth-order valence-corrected chi connectivity index (χ4v) is 3.72. The van der Waals surface area contributed by atoms with Crippen molar-refractivity contribution < 1.29 is 4.79 Å². The van der Waals surface area contributed by atoms with Crippen LogP contribution in [0.4, 0.5) is 0 Å². The number of aromatic amines is 1. The smallest absolute Gasteiger partial charge is 0.175 e. The number of benzene rings is 2. The van der Waals surface area contributed by atoms with Crippen molar-refractivity contribution >= 4 is 28.4 Å². The lowest BCUT2D eigenvalue weighted by atomic mass is 10.1. The van der Waals surface area contributed by atoms with Crippen LogP contribution in [-0.2, 0) is 6.42 Å². The van der Waals surface area contributed by atoms with Gasteiger partial charge in [0.2, 0.25) is 0 Å². The summed E-state index contributed by atoms with van der Waals surface area (Å²) in [5.74, 6) is 1.80. The molecule has 0 spiro atoms. The highest BCUT2D eigenvalue weighted by Crippen LogP contribution is 2.23. The fourth-order valence-electron chi connectivity index (χ4n) is 2.90. The Balaban J connectivity index is 1.52. The van der Waals surface area contributed by atoms with Gasteiger partial charge in [0, 0.05) is 22.2 Å². The van der Waals surface area contributed by atoms with Crippen molar-refractivity contribution in [1.82, 2.24) is 4.98 Å². The molecule has 3 heteroatoms. The Morgan fingerprint density at radius 2 is 1.78 bits per heavy atom. The lowest BCUT2D eigenvalue weighted by Crippen LogP contribution is -2.04. The third-order valence-electron chi connectivity index (χ3n) is 4.00. The number of rotatable bonds is 7. The van der Waals surface area contributed by atoms with Gasteiger partial charge in [0.05, 0.1) is 5.75 Å². The van der Waals surface area contributed by atoms with Gasteiger partial charge in [0.25, 0.3) is 0 Å². The van der Waals surface area contributed by atoms with Gasteiger partial charge in [-0.3, -0.25) is 4.79 Å². The lowest BCUT2D eigenvalue weighted by Gasteiger charge is -2.03. The maximum atomic E-state index is 12.5. The second-order valence-electron chi connectivity index (χ2n) is 5.74. The Bertz CT molecular complexity index is 792. The van der Waals surface area contributed by atoms with E-state index >= 15 is 0 Å². The first-order valence-corrected chi connectivity index (χ1v) is 9.13. The molecule has 0 unspecified atom stereocenters. The summed E-state index contributed by atoms with van der Waals surface area (Å²) >= 11 is 1.73. The molecule has 3 aromatic rings. The normalized spacial score (nSPS) is 11.0. The molecule has 0 bridgehead atoms. The topological polar surface area (TPSA) is 32.9 Å². The molecular formula is C20H21NOS. The maximum absolute atomic E-state index is 12.5. The van der Waals surface area contributed by atoms with E-state index in [1.807, 2.05) is 37.3 Å².